The standard InChI is InChI=1S/C22H19NO6/c24-18(23-11-13-5-4-10-28-13)12-29-22(27)17-9-3-8-16-19(17)21(26)15-7-2-1-6-14(15)20(16)25/h1-3,6-9,13H,4-5,10-12H2,(H,23,24)/t13-/m0/s1. The molecule has 7 heteroatoms. The van der Waals surface area contributed by atoms with Gasteiger partial charge in [0, 0.05) is 35.4 Å². The summed E-state index contributed by atoms with van der Waals surface area (Å²) in [5, 5.41) is 2.66. The SMILES string of the molecule is O=C(COC(=O)c1cccc2c1C(=O)c1ccccc1C2=O)NC[C@@H]1CCCO1. The van der Waals surface area contributed by atoms with Crippen LogP contribution in [0.2, 0.25) is 0 Å². The van der Waals surface area contributed by atoms with Gasteiger partial charge in [-0.1, -0.05) is 36.4 Å². The summed E-state index contributed by atoms with van der Waals surface area (Å²) in [6.07, 6.45) is 1.83. The molecule has 2 aromatic rings. The van der Waals surface area contributed by atoms with Gasteiger partial charge < -0.3 is 14.8 Å². The molecule has 4 rings (SSSR count). The van der Waals surface area contributed by atoms with Crippen molar-refractivity contribution in [3.63, 3.8) is 0 Å². The van der Waals surface area contributed by atoms with E-state index >= 15 is 0 Å². The van der Waals surface area contributed by atoms with Crippen molar-refractivity contribution in [1.29, 1.82) is 0 Å². The predicted octanol–water partition coefficient (Wildman–Crippen LogP) is 1.91. The molecule has 0 bridgehead atoms. The highest BCUT2D eigenvalue weighted by atomic mass is 16.5. The second kappa shape index (κ2) is 7.97. The zero-order valence-electron chi connectivity index (χ0n) is 15.6. The summed E-state index contributed by atoms with van der Waals surface area (Å²) in [6.45, 7) is 0.569. The molecule has 0 radical (unpaired) electrons. The number of rotatable bonds is 5. The van der Waals surface area contributed by atoms with Crippen LogP contribution < -0.4 is 5.32 Å². The van der Waals surface area contributed by atoms with Crippen LogP contribution in [0.15, 0.2) is 42.5 Å². The fraction of sp³-hybridized carbons (Fsp3) is 0.273. The normalized spacial score (nSPS) is 17.4. The number of nitrogens with one attached hydrogen (secondary N) is 1. The lowest BCUT2D eigenvalue weighted by Crippen LogP contribution is -2.35. The van der Waals surface area contributed by atoms with E-state index in [0.717, 1.165) is 12.8 Å². The molecule has 1 N–H and O–H groups in total. The molecule has 1 heterocycles. The molecule has 1 atom stereocenters. The van der Waals surface area contributed by atoms with E-state index in [1.165, 1.54) is 18.2 Å². The maximum absolute atomic E-state index is 12.9. The average molecular weight is 393 g/mol. The zero-order chi connectivity index (χ0) is 20.4. The summed E-state index contributed by atoms with van der Waals surface area (Å²) in [5.74, 6) is -2.01. The summed E-state index contributed by atoms with van der Waals surface area (Å²) >= 11 is 0. The molecule has 0 unspecified atom stereocenters. The monoisotopic (exact) mass is 393 g/mol. The Morgan fingerprint density at radius 1 is 1.00 bits per heavy atom. The van der Waals surface area contributed by atoms with Crippen molar-refractivity contribution in [2.24, 2.45) is 0 Å². The first kappa shape index (κ1) is 19.0. The van der Waals surface area contributed by atoms with Gasteiger partial charge >= 0.3 is 5.97 Å². The summed E-state index contributed by atoms with van der Waals surface area (Å²) in [4.78, 5) is 50.1. The molecule has 1 aliphatic carbocycles. The molecule has 2 aliphatic rings. The van der Waals surface area contributed by atoms with Gasteiger partial charge in [-0.3, -0.25) is 14.4 Å². The van der Waals surface area contributed by atoms with Crippen LogP contribution >= 0.6 is 0 Å². The van der Waals surface area contributed by atoms with E-state index in [-0.39, 0.29) is 34.1 Å². The first-order chi connectivity index (χ1) is 14.1. The number of amides is 1. The fourth-order valence-electron chi connectivity index (χ4n) is 3.61. The Morgan fingerprint density at radius 3 is 2.45 bits per heavy atom. The van der Waals surface area contributed by atoms with Gasteiger partial charge in [0.05, 0.1) is 11.7 Å². The Bertz CT molecular complexity index is 1010. The lowest BCUT2D eigenvalue weighted by molar-refractivity contribution is -0.124. The molecule has 0 aromatic heterocycles. The Labute approximate surface area is 167 Å². The molecule has 1 fully saturated rings. The van der Waals surface area contributed by atoms with Gasteiger partial charge in [-0.15, -0.1) is 0 Å². The van der Waals surface area contributed by atoms with E-state index in [2.05, 4.69) is 5.32 Å². The highest BCUT2D eigenvalue weighted by Gasteiger charge is 2.33. The van der Waals surface area contributed by atoms with Crippen LogP contribution in [-0.4, -0.2) is 49.3 Å². The number of hydrogen-bond acceptors (Lipinski definition) is 6. The number of carbonyl (C=O) groups is 4. The summed E-state index contributed by atoms with van der Waals surface area (Å²) in [5.41, 5.74) is 0.706. The van der Waals surface area contributed by atoms with Crippen molar-refractivity contribution in [2.45, 2.75) is 18.9 Å². The van der Waals surface area contributed by atoms with E-state index in [0.29, 0.717) is 18.7 Å². The van der Waals surface area contributed by atoms with E-state index in [9.17, 15) is 19.2 Å². The largest absolute Gasteiger partial charge is 0.452 e. The molecule has 0 spiro atoms. The Hall–Kier alpha value is -3.32. The van der Waals surface area contributed by atoms with Gasteiger partial charge in [-0.25, -0.2) is 4.79 Å². The highest BCUT2D eigenvalue weighted by Crippen LogP contribution is 2.29. The molecule has 1 amide bonds. The lowest BCUT2D eigenvalue weighted by Gasteiger charge is -2.19. The summed E-state index contributed by atoms with van der Waals surface area (Å²) in [7, 11) is 0. The third-order valence-electron chi connectivity index (χ3n) is 5.06. The van der Waals surface area contributed by atoms with Gasteiger partial charge in [0.2, 0.25) is 0 Å². The van der Waals surface area contributed by atoms with E-state index < -0.39 is 24.3 Å². The van der Waals surface area contributed by atoms with Crippen molar-refractivity contribution in [2.75, 3.05) is 19.8 Å². The Kier molecular flexibility index (Phi) is 5.22. The molecule has 1 saturated heterocycles. The Balaban J connectivity index is 1.48. The maximum Gasteiger partial charge on any atom is 0.339 e. The van der Waals surface area contributed by atoms with Gasteiger partial charge in [-0.05, 0) is 18.9 Å². The molecule has 2 aromatic carbocycles. The molecule has 148 valence electrons. The molecular weight excluding hydrogens is 374 g/mol. The number of ketones is 2. The topological polar surface area (TPSA) is 98.8 Å². The third-order valence-corrected chi connectivity index (χ3v) is 5.06. The van der Waals surface area contributed by atoms with Crippen LogP contribution in [0.1, 0.15) is 55.0 Å². The van der Waals surface area contributed by atoms with Crippen LogP contribution in [0.25, 0.3) is 0 Å². The first-order valence-electron chi connectivity index (χ1n) is 9.43. The minimum absolute atomic E-state index is 0.0144. The van der Waals surface area contributed by atoms with Crippen molar-refractivity contribution in [3.8, 4) is 0 Å². The third kappa shape index (κ3) is 3.69. The number of esters is 1. The van der Waals surface area contributed by atoms with Crippen LogP contribution in [0, 0.1) is 0 Å². The number of benzene rings is 2. The van der Waals surface area contributed by atoms with Crippen LogP contribution in [0.3, 0.4) is 0 Å². The van der Waals surface area contributed by atoms with Crippen molar-refractivity contribution >= 4 is 23.4 Å². The number of ether oxygens (including phenoxy) is 2. The van der Waals surface area contributed by atoms with Gasteiger partial charge in [0.1, 0.15) is 0 Å². The van der Waals surface area contributed by atoms with Gasteiger partial charge in [0.25, 0.3) is 5.91 Å². The van der Waals surface area contributed by atoms with Crippen LogP contribution in [0.4, 0.5) is 0 Å². The highest BCUT2D eigenvalue weighted by molar-refractivity contribution is 6.30. The maximum atomic E-state index is 12.9. The molecule has 0 saturated carbocycles. The van der Waals surface area contributed by atoms with E-state index in [4.69, 9.17) is 9.47 Å². The second-order valence-corrected chi connectivity index (χ2v) is 6.95. The van der Waals surface area contributed by atoms with Crippen LogP contribution in [-0.2, 0) is 14.3 Å². The van der Waals surface area contributed by atoms with Crippen LogP contribution in [0.5, 0.6) is 0 Å². The average Bonchev–Trinajstić information content (AvgIpc) is 3.27. The summed E-state index contributed by atoms with van der Waals surface area (Å²) < 4.78 is 10.5. The zero-order valence-corrected chi connectivity index (χ0v) is 15.6. The van der Waals surface area contributed by atoms with Crippen molar-refractivity contribution in [3.05, 3.63) is 70.3 Å². The lowest BCUT2D eigenvalue weighted by atomic mass is 9.82. The first-order valence-corrected chi connectivity index (χ1v) is 9.43. The smallest absolute Gasteiger partial charge is 0.339 e. The summed E-state index contributed by atoms with van der Waals surface area (Å²) in [6, 6.07) is 10.9. The fourth-order valence-corrected chi connectivity index (χ4v) is 3.61. The molecule has 7 nitrogen and oxygen atoms in total. The molecular formula is C22H19NO6. The van der Waals surface area contributed by atoms with E-state index in [1.807, 2.05) is 0 Å². The van der Waals surface area contributed by atoms with Gasteiger partial charge in [-0.2, -0.15) is 0 Å². The number of hydrogen-bond donors (Lipinski definition) is 1. The minimum Gasteiger partial charge on any atom is -0.452 e. The minimum atomic E-state index is -0.824. The quantitative estimate of drug-likeness (QED) is 0.665. The molecule has 1 aliphatic heterocycles. The second-order valence-electron chi connectivity index (χ2n) is 6.95. The van der Waals surface area contributed by atoms with Crippen molar-refractivity contribution in [1.82, 2.24) is 5.32 Å². The predicted molar refractivity (Wildman–Crippen MR) is 102 cm³/mol. The number of carbonyl (C=O) groups excluding carboxylic acids is 4. The molecule has 29 heavy (non-hydrogen) atoms. The van der Waals surface area contributed by atoms with Crippen molar-refractivity contribution < 1.29 is 28.7 Å². The Morgan fingerprint density at radius 2 is 1.72 bits per heavy atom. The van der Waals surface area contributed by atoms with E-state index in [1.54, 1.807) is 24.3 Å². The number of fused-ring (bicyclic) bond motifs is 2. The van der Waals surface area contributed by atoms with Gasteiger partial charge in [0.15, 0.2) is 18.2 Å².